The smallest absolute Gasteiger partial charge is 0.0681 e. The lowest BCUT2D eigenvalue weighted by Crippen LogP contribution is -2.44. The Morgan fingerprint density at radius 3 is 1.92 bits per heavy atom. The summed E-state index contributed by atoms with van der Waals surface area (Å²) >= 11 is 0. The second-order valence-corrected chi connectivity index (χ2v) is 5.77. The number of hydrogen-bond donors (Lipinski definition) is 1. The van der Waals surface area contributed by atoms with Gasteiger partial charge in [-0.05, 0) is 37.5 Å². The van der Waals surface area contributed by atoms with Gasteiger partial charge in [0.05, 0.1) is 5.60 Å². The lowest BCUT2D eigenvalue weighted by atomic mass is 9.65. The maximum Gasteiger partial charge on any atom is 0.0681 e. The molecule has 0 amide bonds. The molecule has 0 aromatic rings. The SMILES string of the molecule is CC1(C)[C@H]2CC[C@]1(C)[C@@](C)(O)C2. The quantitative estimate of drug-likeness (QED) is 0.589. The van der Waals surface area contributed by atoms with Crippen molar-refractivity contribution in [2.24, 2.45) is 16.7 Å². The van der Waals surface area contributed by atoms with Crippen LogP contribution in [0.15, 0.2) is 0 Å². The van der Waals surface area contributed by atoms with E-state index >= 15 is 0 Å². The summed E-state index contributed by atoms with van der Waals surface area (Å²) in [6, 6.07) is 0. The molecular weight excluding hydrogens is 148 g/mol. The average molecular weight is 168 g/mol. The number of rotatable bonds is 0. The van der Waals surface area contributed by atoms with Gasteiger partial charge in [0.1, 0.15) is 0 Å². The largest absolute Gasteiger partial charge is 0.390 e. The molecule has 2 rings (SSSR count). The zero-order valence-electron chi connectivity index (χ0n) is 8.65. The van der Waals surface area contributed by atoms with Crippen LogP contribution in [-0.2, 0) is 0 Å². The van der Waals surface area contributed by atoms with Crippen LogP contribution >= 0.6 is 0 Å². The van der Waals surface area contributed by atoms with Gasteiger partial charge in [-0.25, -0.2) is 0 Å². The summed E-state index contributed by atoms with van der Waals surface area (Å²) in [5.41, 5.74) is 0.0839. The monoisotopic (exact) mass is 168 g/mol. The summed E-state index contributed by atoms with van der Waals surface area (Å²) in [4.78, 5) is 0. The molecule has 1 nitrogen and oxygen atoms in total. The van der Waals surface area contributed by atoms with Crippen molar-refractivity contribution in [1.82, 2.24) is 0 Å². The van der Waals surface area contributed by atoms with Crippen molar-refractivity contribution in [2.75, 3.05) is 0 Å². The van der Waals surface area contributed by atoms with Crippen molar-refractivity contribution < 1.29 is 5.11 Å². The highest BCUT2D eigenvalue weighted by atomic mass is 16.3. The van der Waals surface area contributed by atoms with Crippen LogP contribution in [0.25, 0.3) is 0 Å². The van der Waals surface area contributed by atoms with E-state index in [1.165, 1.54) is 12.8 Å². The molecule has 0 radical (unpaired) electrons. The molecule has 0 spiro atoms. The molecule has 0 heterocycles. The Kier molecular flexibility index (Phi) is 1.35. The van der Waals surface area contributed by atoms with Gasteiger partial charge in [0.2, 0.25) is 0 Å². The van der Waals surface area contributed by atoms with Gasteiger partial charge in [-0.1, -0.05) is 20.8 Å². The van der Waals surface area contributed by atoms with Crippen LogP contribution in [0.3, 0.4) is 0 Å². The molecule has 2 aliphatic rings. The molecule has 0 unspecified atom stereocenters. The molecule has 1 N–H and O–H groups in total. The van der Waals surface area contributed by atoms with E-state index in [1.807, 2.05) is 6.92 Å². The molecule has 70 valence electrons. The molecule has 0 aliphatic heterocycles. The van der Waals surface area contributed by atoms with Gasteiger partial charge in [0.25, 0.3) is 0 Å². The van der Waals surface area contributed by atoms with Gasteiger partial charge in [0, 0.05) is 5.41 Å². The molecule has 2 bridgehead atoms. The van der Waals surface area contributed by atoms with Gasteiger partial charge in [0.15, 0.2) is 0 Å². The predicted molar refractivity (Wildman–Crippen MR) is 49.9 cm³/mol. The Hall–Kier alpha value is -0.0400. The zero-order valence-corrected chi connectivity index (χ0v) is 8.65. The third-order valence-electron chi connectivity index (χ3n) is 5.27. The molecule has 2 fully saturated rings. The Balaban J connectivity index is 2.47. The fourth-order valence-corrected chi connectivity index (χ4v) is 3.62. The van der Waals surface area contributed by atoms with Gasteiger partial charge in [-0.3, -0.25) is 0 Å². The second-order valence-electron chi connectivity index (χ2n) is 5.77. The number of fused-ring (bicyclic) bond motifs is 2. The van der Waals surface area contributed by atoms with E-state index in [1.54, 1.807) is 0 Å². The van der Waals surface area contributed by atoms with Crippen molar-refractivity contribution in [1.29, 1.82) is 0 Å². The third kappa shape index (κ3) is 0.654. The minimum Gasteiger partial charge on any atom is -0.390 e. The molecule has 1 heteroatoms. The Morgan fingerprint density at radius 2 is 1.75 bits per heavy atom. The van der Waals surface area contributed by atoms with E-state index in [9.17, 15) is 5.11 Å². The Labute approximate surface area is 75.2 Å². The molecule has 0 saturated heterocycles. The van der Waals surface area contributed by atoms with Crippen LogP contribution in [0.2, 0.25) is 0 Å². The highest BCUT2D eigenvalue weighted by Crippen LogP contribution is 2.69. The first-order chi connectivity index (χ1) is 5.31. The highest BCUT2D eigenvalue weighted by Gasteiger charge is 2.66. The summed E-state index contributed by atoms with van der Waals surface area (Å²) in [6.45, 7) is 8.94. The first-order valence-electron chi connectivity index (χ1n) is 5.04. The average Bonchev–Trinajstić information content (AvgIpc) is 2.18. The van der Waals surface area contributed by atoms with E-state index in [0.29, 0.717) is 5.41 Å². The first-order valence-corrected chi connectivity index (χ1v) is 5.04. The Morgan fingerprint density at radius 1 is 1.17 bits per heavy atom. The maximum atomic E-state index is 10.3. The van der Waals surface area contributed by atoms with Crippen molar-refractivity contribution in [3.63, 3.8) is 0 Å². The zero-order chi connectivity index (χ0) is 9.20. The van der Waals surface area contributed by atoms with E-state index in [4.69, 9.17) is 0 Å². The topological polar surface area (TPSA) is 20.2 Å². The fourth-order valence-electron chi connectivity index (χ4n) is 3.62. The van der Waals surface area contributed by atoms with Gasteiger partial charge < -0.3 is 5.11 Å². The summed E-state index contributed by atoms with van der Waals surface area (Å²) in [6.07, 6.45) is 3.54. The molecule has 2 aliphatic carbocycles. The van der Waals surface area contributed by atoms with E-state index < -0.39 is 5.60 Å². The molecule has 2 saturated carbocycles. The van der Waals surface area contributed by atoms with Crippen LogP contribution in [0, 0.1) is 16.7 Å². The van der Waals surface area contributed by atoms with Crippen LogP contribution in [-0.4, -0.2) is 10.7 Å². The van der Waals surface area contributed by atoms with Crippen LogP contribution in [0.4, 0.5) is 0 Å². The summed E-state index contributed by atoms with van der Waals surface area (Å²) in [5, 5.41) is 10.3. The molecule has 0 aromatic heterocycles. The number of hydrogen-bond acceptors (Lipinski definition) is 1. The summed E-state index contributed by atoms with van der Waals surface area (Å²) < 4.78 is 0. The third-order valence-corrected chi connectivity index (χ3v) is 5.27. The van der Waals surface area contributed by atoms with Gasteiger partial charge in [-0.15, -0.1) is 0 Å². The van der Waals surface area contributed by atoms with Crippen LogP contribution in [0.1, 0.15) is 47.0 Å². The minimum atomic E-state index is -0.417. The molecular formula is C11H20O. The first kappa shape index (κ1) is 8.55. The predicted octanol–water partition coefficient (Wildman–Crippen LogP) is 2.58. The van der Waals surface area contributed by atoms with Crippen molar-refractivity contribution in [3.05, 3.63) is 0 Å². The van der Waals surface area contributed by atoms with Crippen molar-refractivity contribution in [3.8, 4) is 0 Å². The lowest BCUT2D eigenvalue weighted by molar-refractivity contribution is -0.0745. The summed E-state index contributed by atoms with van der Waals surface area (Å²) in [5.74, 6) is 0.748. The van der Waals surface area contributed by atoms with Crippen LogP contribution < -0.4 is 0 Å². The molecule has 3 atom stereocenters. The minimum absolute atomic E-state index is 0.157. The lowest BCUT2D eigenvalue weighted by Gasteiger charge is -2.43. The molecule has 0 aromatic carbocycles. The second kappa shape index (κ2) is 1.89. The van der Waals surface area contributed by atoms with E-state index in [2.05, 4.69) is 20.8 Å². The van der Waals surface area contributed by atoms with Gasteiger partial charge in [-0.2, -0.15) is 0 Å². The fraction of sp³-hybridized carbons (Fsp3) is 1.00. The molecule has 12 heavy (non-hydrogen) atoms. The maximum absolute atomic E-state index is 10.3. The highest BCUT2D eigenvalue weighted by molar-refractivity contribution is 5.16. The number of aliphatic hydroxyl groups is 1. The standard InChI is InChI=1S/C11H20O/c1-9(2)8-5-6-10(9,3)11(4,12)7-8/h8,12H,5-7H2,1-4H3/t8-,10-,11-/m0/s1. The van der Waals surface area contributed by atoms with Gasteiger partial charge >= 0.3 is 0 Å². The van der Waals surface area contributed by atoms with Crippen molar-refractivity contribution in [2.45, 2.75) is 52.6 Å². The van der Waals surface area contributed by atoms with Crippen LogP contribution in [0.5, 0.6) is 0 Å². The normalized spacial score (nSPS) is 56.2. The van der Waals surface area contributed by atoms with Crippen molar-refractivity contribution >= 4 is 0 Å². The van der Waals surface area contributed by atoms with E-state index in [0.717, 1.165) is 12.3 Å². The van der Waals surface area contributed by atoms with E-state index in [-0.39, 0.29) is 5.41 Å². The Bertz CT molecular complexity index is 217. The summed E-state index contributed by atoms with van der Waals surface area (Å²) in [7, 11) is 0.